The Hall–Kier alpha value is -1.08. The van der Waals surface area contributed by atoms with Crippen molar-refractivity contribution in [3.63, 3.8) is 0 Å². The van der Waals surface area contributed by atoms with Crippen LogP contribution in [0, 0.1) is 11.3 Å². The fourth-order valence-corrected chi connectivity index (χ4v) is 1.02. The Bertz CT molecular complexity index is 208. The molecule has 0 aliphatic rings. The predicted molar refractivity (Wildman–Crippen MR) is 55.6 cm³/mol. The Labute approximate surface area is 85.9 Å². The van der Waals surface area contributed by atoms with Crippen LogP contribution >= 0.6 is 0 Å². The molecule has 1 N–H and O–H groups in total. The van der Waals surface area contributed by atoms with E-state index in [1.165, 1.54) is 0 Å². The zero-order valence-corrected chi connectivity index (χ0v) is 9.21. The topological polar surface area (TPSA) is 56.1 Å². The van der Waals surface area contributed by atoms with Gasteiger partial charge in [-0.25, -0.2) is 0 Å². The molecule has 0 saturated carbocycles. The van der Waals surface area contributed by atoms with E-state index in [1.807, 2.05) is 25.7 Å². The number of carbonyl (C=O) groups excluding carboxylic acids is 1. The maximum atomic E-state index is 11.3. The average molecular weight is 197 g/mol. The summed E-state index contributed by atoms with van der Waals surface area (Å²) >= 11 is 0. The number of nitriles is 1. The largest absolute Gasteiger partial charge is 0.355 e. The Morgan fingerprint density at radius 3 is 2.64 bits per heavy atom. The lowest BCUT2D eigenvalue weighted by Gasteiger charge is -2.22. The van der Waals surface area contributed by atoms with E-state index in [2.05, 4.69) is 11.4 Å². The second kappa shape index (κ2) is 7.34. The van der Waals surface area contributed by atoms with Gasteiger partial charge in [0.15, 0.2) is 0 Å². The first-order valence-electron chi connectivity index (χ1n) is 4.99. The van der Waals surface area contributed by atoms with Crippen molar-refractivity contribution in [2.24, 2.45) is 0 Å². The molecule has 0 rings (SSSR count). The van der Waals surface area contributed by atoms with Crippen molar-refractivity contribution < 1.29 is 4.79 Å². The summed E-state index contributed by atoms with van der Waals surface area (Å²) < 4.78 is 0. The van der Waals surface area contributed by atoms with Gasteiger partial charge in [-0.1, -0.05) is 6.92 Å². The molecule has 0 aromatic carbocycles. The van der Waals surface area contributed by atoms with Gasteiger partial charge in [-0.2, -0.15) is 5.26 Å². The van der Waals surface area contributed by atoms with Crippen LogP contribution in [-0.2, 0) is 4.79 Å². The van der Waals surface area contributed by atoms with Crippen LogP contribution in [0.2, 0.25) is 0 Å². The molecule has 0 aliphatic carbocycles. The van der Waals surface area contributed by atoms with Gasteiger partial charge in [0.2, 0.25) is 5.91 Å². The molecule has 0 atom stereocenters. The molecule has 0 bridgehead atoms. The summed E-state index contributed by atoms with van der Waals surface area (Å²) in [6.07, 6.45) is 0.936. The summed E-state index contributed by atoms with van der Waals surface area (Å²) in [4.78, 5) is 13.2. The van der Waals surface area contributed by atoms with Crippen LogP contribution in [0.5, 0.6) is 0 Å². The zero-order valence-electron chi connectivity index (χ0n) is 9.21. The summed E-state index contributed by atoms with van der Waals surface area (Å²) in [5, 5.41) is 11.3. The third-order valence-corrected chi connectivity index (χ3v) is 1.92. The van der Waals surface area contributed by atoms with Crippen molar-refractivity contribution in [3.8, 4) is 6.07 Å². The van der Waals surface area contributed by atoms with E-state index in [4.69, 9.17) is 5.26 Å². The van der Waals surface area contributed by atoms with E-state index < -0.39 is 0 Å². The molecule has 4 nitrogen and oxygen atoms in total. The molecule has 0 heterocycles. The first-order valence-corrected chi connectivity index (χ1v) is 4.99. The first-order chi connectivity index (χ1) is 6.61. The van der Waals surface area contributed by atoms with E-state index in [9.17, 15) is 4.79 Å². The highest BCUT2D eigenvalue weighted by molar-refractivity contribution is 5.78. The number of amides is 1. The summed E-state index contributed by atoms with van der Waals surface area (Å²) in [6.45, 7) is 7.28. The lowest BCUT2D eigenvalue weighted by Crippen LogP contribution is -2.41. The van der Waals surface area contributed by atoms with Gasteiger partial charge < -0.3 is 5.32 Å². The monoisotopic (exact) mass is 197 g/mol. The number of hydrogen-bond acceptors (Lipinski definition) is 3. The van der Waals surface area contributed by atoms with Crippen LogP contribution in [0.25, 0.3) is 0 Å². The molecule has 0 radical (unpaired) electrons. The van der Waals surface area contributed by atoms with Crippen LogP contribution in [0.1, 0.15) is 27.2 Å². The van der Waals surface area contributed by atoms with Crippen LogP contribution in [0.3, 0.4) is 0 Å². The molecule has 0 saturated heterocycles. The van der Waals surface area contributed by atoms with Crippen LogP contribution in [-0.4, -0.2) is 36.5 Å². The van der Waals surface area contributed by atoms with E-state index in [-0.39, 0.29) is 11.9 Å². The van der Waals surface area contributed by atoms with E-state index in [1.54, 1.807) is 0 Å². The van der Waals surface area contributed by atoms with Crippen molar-refractivity contribution >= 4 is 5.91 Å². The molecule has 0 aliphatic heterocycles. The van der Waals surface area contributed by atoms with E-state index in [0.29, 0.717) is 19.6 Å². The second-order valence-electron chi connectivity index (χ2n) is 3.51. The van der Waals surface area contributed by atoms with Gasteiger partial charge in [-0.05, 0) is 20.3 Å². The number of carbonyl (C=O) groups is 1. The molecular formula is C10H19N3O. The molecule has 0 fully saturated rings. The molecule has 1 amide bonds. The third-order valence-electron chi connectivity index (χ3n) is 1.92. The minimum absolute atomic E-state index is 0.00389. The van der Waals surface area contributed by atoms with Gasteiger partial charge in [0.25, 0.3) is 0 Å². The summed E-state index contributed by atoms with van der Waals surface area (Å²) in [5.41, 5.74) is 0. The van der Waals surface area contributed by atoms with Crippen LogP contribution in [0.15, 0.2) is 0 Å². The third kappa shape index (κ3) is 5.55. The van der Waals surface area contributed by atoms with Crippen molar-refractivity contribution in [1.29, 1.82) is 5.26 Å². The Morgan fingerprint density at radius 2 is 2.21 bits per heavy atom. The molecule has 14 heavy (non-hydrogen) atoms. The van der Waals surface area contributed by atoms with E-state index in [0.717, 1.165) is 6.42 Å². The molecule has 4 heteroatoms. The minimum Gasteiger partial charge on any atom is -0.355 e. The van der Waals surface area contributed by atoms with Crippen LogP contribution in [0.4, 0.5) is 0 Å². The van der Waals surface area contributed by atoms with Gasteiger partial charge in [0.05, 0.1) is 19.2 Å². The lowest BCUT2D eigenvalue weighted by molar-refractivity contribution is -0.122. The minimum atomic E-state index is -0.00389. The molecule has 0 aromatic rings. The summed E-state index contributed by atoms with van der Waals surface area (Å²) in [6, 6.07) is 2.28. The predicted octanol–water partition coefficient (Wildman–Crippen LogP) is 0.747. The van der Waals surface area contributed by atoms with Crippen molar-refractivity contribution in [2.45, 2.75) is 33.2 Å². The summed E-state index contributed by atoms with van der Waals surface area (Å²) in [7, 11) is 0. The van der Waals surface area contributed by atoms with E-state index >= 15 is 0 Å². The summed E-state index contributed by atoms with van der Waals surface area (Å²) in [5.74, 6) is -0.00389. The fourth-order valence-electron chi connectivity index (χ4n) is 1.02. The zero-order chi connectivity index (χ0) is 11.0. The van der Waals surface area contributed by atoms with Crippen LogP contribution < -0.4 is 5.32 Å². The Kier molecular flexibility index (Phi) is 6.77. The number of nitrogens with zero attached hydrogens (tertiary/aromatic N) is 2. The van der Waals surface area contributed by atoms with Crippen molar-refractivity contribution in [2.75, 3.05) is 19.6 Å². The maximum absolute atomic E-state index is 11.3. The van der Waals surface area contributed by atoms with Gasteiger partial charge >= 0.3 is 0 Å². The number of hydrogen-bond donors (Lipinski definition) is 1. The standard InChI is InChI=1S/C10H19N3O/c1-4-6-12-10(14)8-13(7-5-11)9(2)3/h9H,4,6-8H2,1-3H3,(H,12,14). The smallest absolute Gasteiger partial charge is 0.234 e. The van der Waals surface area contributed by atoms with Crippen molar-refractivity contribution in [3.05, 3.63) is 0 Å². The Balaban J connectivity index is 3.91. The lowest BCUT2D eigenvalue weighted by atomic mass is 10.3. The van der Waals surface area contributed by atoms with Gasteiger partial charge in [0.1, 0.15) is 0 Å². The van der Waals surface area contributed by atoms with Gasteiger partial charge in [0, 0.05) is 12.6 Å². The molecule has 0 aromatic heterocycles. The normalized spacial score (nSPS) is 10.3. The Morgan fingerprint density at radius 1 is 1.57 bits per heavy atom. The first kappa shape index (κ1) is 12.9. The number of rotatable bonds is 6. The molecular weight excluding hydrogens is 178 g/mol. The van der Waals surface area contributed by atoms with Crippen molar-refractivity contribution in [1.82, 2.24) is 10.2 Å². The fraction of sp³-hybridized carbons (Fsp3) is 0.800. The molecule has 0 spiro atoms. The maximum Gasteiger partial charge on any atom is 0.234 e. The van der Waals surface area contributed by atoms with Gasteiger partial charge in [-0.15, -0.1) is 0 Å². The van der Waals surface area contributed by atoms with Gasteiger partial charge in [-0.3, -0.25) is 9.69 Å². The number of nitrogens with one attached hydrogen (secondary N) is 1. The average Bonchev–Trinajstić information content (AvgIpc) is 2.14. The second-order valence-corrected chi connectivity index (χ2v) is 3.51. The molecule has 80 valence electrons. The highest BCUT2D eigenvalue weighted by atomic mass is 16.2. The molecule has 0 unspecified atom stereocenters. The SMILES string of the molecule is CCCNC(=O)CN(CC#N)C(C)C. The highest BCUT2D eigenvalue weighted by Crippen LogP contribution is 1.95. The quantitative estimate of drug-likeness (QED) is 0.639. The highest BCUT2D eigenvalue weighted by Gasteiger charge is 2.12.